The summed E-state index contributed by atoms with van der Waals surface area (Å²) in [6, 6.07) is 12.0. The number of urea groups is 1. The number of halogens is 1. The number of likely N-dealkylation sites (tertiary alicyclic amines) is 1. The third-order valence-corrected chi connectivity index (χ3v) is 5.87. The number of nitrogens with zero attached hydrogens (tertiary/aromatic N) is 3. The van der Waals surface area contributed by atoms with Crippen LogP contribution < -0.4 is 15.4 Å². The Morgan fingerprint density at radius 3 is 2.59 bits per heavy atom. The third kappa shape index (κ3) is 5.02. The molecule has 1 fully saturated rings. The van der Waals surface area contributed by atoms with Crippen LogP contribution in [0.2, 0.25) is 0 Å². The van der Waals surface area contributed by atoms with Gasteiger partial charge in [0.2, 0.25) is 11.0 Å². The van der Waals surface area contributed by atoms with Crippen LogP contribution in [-0.2, 0) is 4.79 Å². The fourth-order valence-electron chi connectivity index (χ4n) is 3.45. The molecule has 8 nitrogen and oxygen atoms in total. The predicted octanol–water partition coefficient (Wildman–Crippen LogP) is 4.38. The highest BCUT2D eigenvalue weighted by atomic mass is 32.1. The van der Waals surface area contributed by atoms with E-state index in [0.29, 0.717) is 41.0 Å². The minimum absolute atomic E-state index is 0.314. The molecule has 4 rings (SSSR count). The summed E-state index contributed by atoms with van der Waals surface area (Å²) in [6.07, 6.45) is 1.29. The van der Waals surface area contributed by atoms with Crippen molar-refractivity contribution >= 4 is 34.1 Å². The van der Waals surface area contributed by atoms with Crippen LogP contribution in [0.25, 0.3) is 10.6 Å². The molecule has 0 saturated carbocycles. The monoisotopic (exact) mass is 455 g/mol. The van der Waals surface area contributed by atoms with Crippen molar-refractivity contribution < 1.29 is 18.7 Å². The fraction of sp³-hybridized carbons (Fsp3) is 0.273. The number of hydrogen-bond acceptors (Lipinski definition) is 6. The topological polar surface area (TPSA) is 96.5 Å². The second-order valence-electron chi connectivity index (χ2n) is 7.15. The lowest BCUT2D eigenvalue weighted by molar-refractivity contribution is -0.119. The Morgan fingerprint density at radius 2 is 1.88 bits per heavy atom. The van der Waals surface area contributed by atoms with Crippen molar-refractivity contribution in [1.82, 2.24) is 15.1 Å². The number of rotatable bonds is 6. The van der Waals surface area contributed by atoms with E-state index in [1.165, 1.54) is 28.4 Å². The highest BCUT2D eigenvalue weighted by Crippen LogP contribution is 2.28. The van der Waals surface area contributed by atoms with Gasteiger partial charge in [0.1, 0.15) is 22.6 Å². The van der Waals surface area contributed by atoms with Crippen molar-refractivity contribution in [1.29, 1.82) is 0 Å². The second kappa shape index (κ2) is 9.73. The van der Waals surface area contributed by atoms with Gasteiger partial charge in [-0.15, -0.1) is 10.2 Å². The molecule has 1 aliphatic rings. The summed E-state index contributed by atoms with van der Waals surface area (Å²) in [5.74, 6) is 0.0729. The van der Waals surface area contributed by atoms with Gasteiger partial charge in [0.15, 0.2) is 0 Å². The molecule has 3 aromatic rings. The van der Waals surface area contributed by atoms with Gasteiger partial charge in [0, 0.05) is 17.8 Å². The SMILES string of the molecule is CCOc1ccc(NC(=O)N2CCCC2C(=O)Nc2nnc(-c3ccc(F)cc3)s2)cc1. The molecule has 2 N–H and O–H groups in total. The molecule has 0 aliphatic carbocycles. The molecular weight excluding hydrogens is 433 g/mol. The number of hydrogen-bond donors (Lipinski definition) is 2. The first kappa shape index (κ1) is 21.7. The van der Waals surface area contributed by atoms with Crippen molar-refractivity contribution in [3.63, 3.8) is 0 Å². The summed E-state index contributed by atoms with van der Waals surface area (Å²) in [5, 5.41) is 14.5. The van der Waals surface area contributed by atoms with Gasteiger partial charge in [0.05, 0.1) is 6.61 Å². The number of benzene rings is 2. The number of ether oxygens (including phenoxy) is 1. The highest BCUT2D eigenvalue weighted by molar-refractivity contribution is 7.18. The average Bonchev–Trinajstić information content (AvgIpc) is 3.46. The lowest BCUT2D eigenvalue weighted by Gasteiger charge is -2.23. The lowest BCUT2D eigenvalue weighted by Crippen LogP contribution is -2.45. The van der Waals surface area contributed by atoms with E-state index in [2.05, 4.69) is 20.8 Å². The van der Waals surface area contributed by atoms with Crippen molar-refractivity contribution in [2.75, 3.05) is 23.8 Å². The maximum Gasteiger partial charge on any atom is 0.322 e. The van der Waals surface area contributed by atoms with Gasteiger partial charge in [-0.05, 0) is 68.3 Å². The summed E-state index contributed by atoms with van der Waals surface area (Å²) < 4.78 is 18.5. The predicted molar refractivity (Wildman–Crippen MR) is 120 cm³/mol. The van der Waals surface area contributed by atoms with E-state index < -0.39 is 6.04 Å². The first-order valence-corrected chi connectivity index (χ1v) is 11.1. The van der Waals surface area contributed by atoms with Crippen molar-refractivity contribution in [2.45, 2.75) is 25.8 Å². The Hall–Kier alpha value is -3.53. The molecule has 0 radical (unpaired) electrons. The summed E-state index contributed by atoms with van der Waals surface area (Å²) in [7, 11) is 0. The zero-order chi connectivity index (χ0) is 22.5. The van der Waals surface area contributed by atoms with Gasteiger partial charge in [-0.3, -0.25) is 10.1 Å². The van der Waals surface area contributed by atoms with Gasteiger partial charge in [-0.1, -0.05) is 11.3 Å². The molecule has 10 heteroatoms. The Labute approximate surface area is 188 Å². The molecule has 1 aliphatic heterocycles. The molecule has 3 amide bonds. The van der Waals surface area contributed by atoms with E-state index in [9.17, 15) is 14.0 Å². The lowest BCUT2D eigenvalue weighted by atomic mass is 10.2. The van der Waals surface area contributed by atoms with Gasteiger partial charge in [0.25, 0.3) is 0 Å². The molecule has 1 aromatic heterocycles. The number of amides is 3. The number of aromatic nitrogens is 2. The van der Waals surface area contributed by atoms with Gasteiger partial charge >= 0.3 is 6.03 Å². The van der Waals surface area contributed by atoms with Crippen LogP contribution >= 0.6 is 11.3 Å². The number of carbonyl (C=O) groups excluding carboxylic acids is 2. The molecule has 2 aromatic carbocycles. The zero-order valence-corrected chi connectivity index (χ0v) is 18.2. The normalized spacial score (nSPS) is 15.4. The minimum Gasteiger partial charge on any atom is -0.494 e. The van der Waals surface area contributed by atoms with Crippen LogP contribution in [0.3, 0.4) is 0 Å². The second-order valence-corrected chi connectivity index (χ2v) is 8.12. The standard InChI is InChI=1S/C22H22FN5O3S/c1-2-31-17-11-9-16(10-12-17)24-22(30)28-13-3-4-18(28)19(29)25-21-27-26-20(32-21)14-5-7-15(23)8-6-14/h5-12,18H,2-4,13H2,1H3,(H,24,30)(H,25,27,29). The van der Waals surface area contributed by atoms with E-state index in [1.807, 2.05) is 6.92 Å². The van der Waals surface area contributed by atoms with Crippen LogP contribution in [0.15, 0.2) is 48.5 Å². The summed E-state index contributed by atoms with van der Waals surface area (Å²) >= 11 is 1.19. The van der Waals surface area contributed by atoms with E-state index in [4.69, 9.17) is 4.74 Å². The maximum absolute atomic E-state index is 13.1. The van der Waals surface area contributed by atoms with E-state index in [0.717, 1.165) is 12.2 Å². The zero-order valence-electron chi connectivity index (χ0n) is 17.4. The fourth-order valence-corrected chi connectivity index (χ4v) is 4.20. The van der Waals surface area contributed by atoms with Crippen LogP contribution in [0.1, 0.15) is 19.8 Å². The van der Waals surface area contributed by atoms with Crippen LogP contribution in [0, 0.1) is 5.82 Å². The minimum atomic E-state index is -0.601. The molecule has 0 bridgehead atoms. The van der Waals surface area contributed by atoms with E-state index in [1.54, 1.807) is 36.4 Å². The Bertz CT molecular complexity index is 1090. The maximum atomic E-state index is 13.1. The van der Waals surface area contributed by atoms with Crippen LogP contribution in [0.4, 0.5) is 20.0 Å². The molecule has 1 saturated heterocycles. The summed E-state index contributed by atoms with van der Waals surface area (Å²) in [6.45, 7) is 2.95. The Morgan fingerprint density at radius 1 is 1.12 bits per heavy atom. The molecule has 1 atom stereocenters. The molecule has 1 unspecified atom stereocenters. The quantitative estimate of drug-likeness (QED) is 0.575. The third-order valence-electron chi connectivity index (χ3n) is 4.98. The van der Waals surface area contributed by atoms with Gasteiger partial charge < -0.3 is 15.0 Å². The number of anilines is 2. The van der Waals surface area contributed by atoms with Crippen molar-refractivity contribution in [3.8, 4) is 16.3 Å². The summed E-state index contributed by atoms with van der Waals surface area (Å²) in [4.78, 5) is 27.1. The van der Waals surface area contributed by atoms with Gasteiger partial charge in [-0.2, -0.15) is 0 Å². The van der Waals surface area contributed by atoms with E-state index >= 15 is 0 Å². The highest BCUT2D eigenvalue weighted by Gasteiger charge is 2.34. The average molecular weight is 456 g/mol. The molecule has 32 heavy (non-hydrogen) atoms. The van der Waals surface area contributed by atoms with E-state index in [-0.39, 0.29) is 17.8 Å². The van der Waals surface area contributed by atoms with Crippen molar-refractivity contribution in [2.24, 2.45) is 0 Å². The molecular formula is C22H22FN5O3S. The van der Waals surface area contributed by atoms with Crippen molar-refractivity contribution in [3.05, 3.63) is 54.3 Å². The first-order chi connectivity index (χ1) is 15.5. The number of carbonyl (C=O) groups is 2. The number of nitrogens with one attached hydrogen (secondary N) is 2. The Balaban J connectivity index is 1.38. The Kier molecular flexibility index (Phi) is 6.60. The first-order valence-electron chi connectivity index (χ1n) is 10.2. The smallest absolute Gasteiger partial charge is 0.322 e. The summed E-state index contributed by atoms with van der Waals surface area (Å²) in [5.41, 5.74) is 1.33. The van der Waals surface area contributed by atoms with Gasteiger partial charge in [-0.25, -0.2) is 9.18 Å². The molecule has 166 valence electrons. The van der Waals surface area contributed by atoms with Crippen LogP contribution in [0.5, 0.6) is 5.75 Å². The largest absolute Gasteiger partial charge is 0.494 e. The van der Waals surface area contributed by atoms with Crippen LogP contribution in [-0.4, -0.2) is 46.2 Å². The molecule has 2 heterocycles. The molecule has 0 spiro atoms.